The molecular weight excluding hydrogens is 306 g/mol. The monoisotopic (exact) mass is 327 g/mol. The van der Waals surface area contributed by atoms with Gasteiger partial charge in [0.2, 0.25) is 10.0 Å². The van der Waals surface area contributed by atoms with Crippen molar-refractivity contribution in [3.05, 3.63) is 35.9 Å². The van der Waals surface area contributed by atoms with Crippen LogP contribution in [0.2, 0.25) is 0 Å². The van der Waals surface area contributed by atoms with Gasteiger partial charge >= 0.3 is 0 Å². The summed E-state index contributed by atoms with van der Waals surface area (Å²) in [6.07, 6.45) is 1.62. The summed E-state index contributed by atoms with van der Waals surface area (Å²) >= 11 is 4.65. The van der Waals surface area contributed by atoms with Crippen LogP contribution in [0.15, 0.2) is 30.3 Å². The summed E-state index contributed by atoms with van der Waals surface area (Å²) in [6, 6.07) is 10.3. The summed E-state index contributed by atoms with van der Waals surface area (Å²) in [6.45, 7) is 2.68. The Kier molecular flexibility index (Phi) is 5.69. The molecular formula is C14H21N3O2S2. The minimum atomic E-state index is -3.39. The Hall–Kier alpha value is -1.02. The number of rotatable bonds is 6. The molecule has 0 amide bonds. The molecule has 0 spiro atoms. The minimum Gasteiger partial charge on any atom is -0.392 e. The van der Waals surface area contributed by atoms with Crippen LogP contribution in [0.3, 0.4) is 0 Å². The number of benzene rings is 1. The number of nitrogens with two attached hydrogens (primary N) is 1. The number of hydrogen-bond acceptors (Lipinski definition) is 4. The van der Waals surface area contributed by atoms with Crippen LogP contribution in [0.25, 0.3) is 0 Å². The molecule has 0 aromatic heterocycles. The fraction of sp³-hybridized carbons (Fsp3) is 0.500. The highest BCUT2D eigenvalue weighted by Crippen LogP contribution is 2.14. The van der Waals surface area contributed by atoms with Gasteiger partial charge in [0.25, 0.3) is 0 Å². The molecule has 0 saturated carbocycles. The molecule has 1 aromatic rings. The van der Waals surface area contributed by atoms with E-state index in [1.54, 1.807) is 0 Å². The summed E-state index contributed by atoms with van der Waals surface area (Å²) in [4.78, 5) is 2.34. The molecule has 21 heavy (non-hydrogen) atoms. The van der Waals surface area contributed by atoms with E-state index in [4.69, 9.17) is 5.73 Å². The van der Waals surface area contributed by atoms with Crippen LogP contribution in [-0.4, -0.2) is 43.2 Å². The second-order valence-electron chi connectivity index (χ2n) is 5.38. The van der Waals surface area contributed by atoms with E-state index in [1.165, 1.54) is 5.56 Å². The maximum atomic E-state index is 11.8. The van der Waals surface area contributed by atoms with E-state index >= 15 is 0 Å². The Labute approximate surface area is 131 Å². The maximum Gasteiger partial charge on any atom is 0.218 e. The van der Waals surface area contributed by atoms with Gasteiger partial charge in [-0.2, -0.15) is 0 Å². The Bertz CT molecular complexity index is 567. The van der Waals surface area contributed by atoms with Gasteiger partial charge < -0.3 is 5.73 Å². The zero-order valence-corrected chi connectivity index (χ0v) is 13.5. The van der Waals surface area contributed by atoms with E-state index in [-0.39, 0.29) is 16.8 Å². The quantitative estimate of drug-likeness (QED) is 0.758. The van der Waals surface area contributed by atoms with Gasteiger partial charge in [0.15, 0.2) is 0 Å². The molecule has 1 aliphatic rings. The summed E-state index contributed by atoms with van der Waals surface area (Å²) in [5, 5.41) is 0. The second kappa shape index (κ2) is 7.31. The average molecular weight is 327 g/mol. The third-order valence-electron chi connectivity index (χ3n) is 3.52. The molecule has 5 nitrogen and oxygen atoms in total. The van der Waals surface area contributed by atoms with Crippen LogP contribution in [0.1, 0.15) is 18.4 Å². The van der Waals surface area contributed by atoms with Gasteiger partial charge in [-0.1, -0.05) is 42.5 Å². The molecule has 7 heteroatoms. The van der Waals surface area contributed by atoms with Gasteiger partial charge in [-0.25, -0.2) is 13.1 Å². The van der Waals surface area contributed by atoms with Crippen LogP contribution in [0, 0.1) is 0 Å². The molecule has 0 unspecified atom stereocenters. The second-order valence-corrected chi connectivity index (χ2v) is 7.66. The standard InChI is InChI=1S/C14H21N3O2S2/c15-14(20)11-21(18,19)16-13-6-8-17(9-7-13)10-12-4-2-1-3-5-12/h1-5,13,16H,6-11H2,(H2,15,20). The highest BCUT2D eigenvalue weighted by Gasteiger charge is 2.23. The van der Waals surface area contributed by atoms with Crippen molar-refractivity contribution in [1.29, 1.82) is 0 Å². The molecule has 0 bridgehead atoms. The first-order valence-electron chi connectivity index (χ1n) is 6.99. The fourth-order valence-electron chi connectivity index (χ4n) is 2.53. The normalized spacial score (nSPS) is 17.7. The number of hydrogen-bond donors (Lipinski definition) is 2. The van der Waals surface area contributed by atoms with Crippen molar-refractivity contribution in [1.82, 2.24) is 9.62 Å². The fourth-order valence-corrected chi connectivity index (χ4v) is 4.20. The van der Waals surface area contributed by atoms with Crippen molar-refractivity contribution in [2.24, 2.45) is 5.73 Å². The molecule has 0 atom stereocenters. The van der Waals surface area contributed by atoms with E-state index < -0.39 is 10.0 Å². The molecule has 1 aromatic carbocycles. The number of sulfonamides is 1. The molecule has 116 valence electrons. The van der Waals surface area contributed by atoms with Gasteiger partial charge in [-0.05, 0) is 18.4 Å². The smallest absolute Gasteiger partial charge is 0.218 e. The number of thiocarbonyl (C=S) groups is 1. The Morgan fingerprint density at radius 3 is 2.48 bits per heavy atom. The van der Waals surface area contributed by atoms with Gasteiger partial charge in [0, 0.05) is 25.7 Å². The Morgan fingerprint density at radius 1 is 1.29 bits per heavy atom. The van der Waals surface area contributed by atoms with E-state index in [0.29, 0.717) is 0 Å². The predicted octanol–water partition coefficient (Wildman–Crippen LogP) is 0.857. The zero-order valence-electron chi connectivity index (χ0n) is 11.9. The third-order valence-corrected chi connectivity index (χ3v) is 5.23. The molecule has 3 N–H and O–H groups in total. The lowest BCUT2D eigenvalue weighted by atomic mass is 10.1. The van der Waals surface area contributed by atoms with E-state index in [9.17, 15) is 8.42 Å². The van der Waals surface area contributed by atoms with Crippen molar-refractivity contribution in [2.75, 3.05) is 18.8 Å². The van der Waals surface area contributed by atoms with Crippen LogP contribution < -0.4 is 10.5 Å². The first-order chi connectivity index (χ1) is 9.94. The van der Waals surface area contributed by atoms with Crippen LogP contribution in [0.4, 0.5) is 0 Å². The van der Waals surface area contributed by atoms with E-state index in [1.807, 2.05) is 18.2 Å². The van der Waals surface area contributed by atoms with Crippen LogP contribution in [-0.2, 0) is 16.6 Å². The number of piperidine rings is 1. The van der Waals surface area contributed by atoms with E-state index in [0.717, 1.165) is 32.5 Å². The molecule has 1 saturated heterocycles. The topological polar surface area (TPSA) is 75.4 Å². The Balaban J connectivity index is 1.79. The van der Waals surface area contributed by atoms with Gasteiger partial charge in [0.05, 0.1) is 4.99 Å². The lowest BCUT2D eigenvalue weighted by molar-refractivity contribution is 0.200. The average Bonchev–Trinajstić information content (AvgIpc) is 2.40. The van der Waals surface area contributed by atoms with Gasteiger partial charge in [-0.3, -0.25) is 4.90 Å². The summed E-state index contributed by atoms with van der Waals surface area (Å²) in [5.74, 6) is -0.271. The minimum absolute atomic E-state index is 0.00372. The maximum absolute atomic E-state index is 11.8. The third kappa shape index (κ3) is 5.70. The number of nitrogens with zero attached hydrogens (tertiary/aromatic N) is 1. The summed E-state index contributed by atoms with van der Waals surface area (Å²) in [7, 11) is -3.39. The van der Waals surface area contributed by atoms with Crippen molar-refractivity contribution >= 4 is 27.2 Å². The molecule has 0 radical (unpaired) electrons. The molecule has 0 aliphatic carbocycles. The molecule has 1 aliphatic heterocycles. The zero-order chi connectivity index (χ0) is 15.3. The largest absolute Gasteiger partial charge is 0.392 e. The SMILES string of the molecule is NC(=S)CS(=O)(=O)NC1CCN(Cc2ccccc2)CC1. The van der Waals surface area contributed by atoms with Gasteiger partial charge in [0.1, 0.15) is 5.75 Å². The Morgan fingerprint density at radius 2 is 1.90 bits per heavy atom. The summed E-state index contributed by atoms with van der Waals surface area (Å²) in [5.41, 5.74) is 6.58. The van der Waals surface area contributed by atoms with Crippen molar-refractivity contribution < 1.29 is 8.42 Å². The van der Waals surface area contributed by atoms with Crippen molar-refractivity contribution in [2.45, 2.75) is 25.4 Å². The predicted molar refractivity (Wildman–Crippen MR) is 88.4 cm³/mol. The van der Waals surface area contributed by atoms with E-state index in [2.05, 4.69) is 34.0 Å². The first kappa shape index (κ1) is 16.4. The summed E-state index contributed by atoms with van der Waals surface area (Å²) < 4.78 is 26.3. The molecule has 1 fully saturated rings. The molecule has 2 rings (SSSR count). The van der Waals surface area contributed by atoms with Crippen molar-refractivity contribution in [3.8, 4) is 0 Å². The highest BCUT2D eigenvalue weighted by atomic mass is 32.2. The van der Waals surface area contributed by atoms with Crippen LogP contribution in [0.5, 0.6) is 0 Å². The van der Waals surface area contributed by atoms with Gasteiger partial charge in [-0.15, -0.1) is 0 Å². The first-order valence-corrected chi connectivity index (χ1v) is 9.05. The lowest BCUT2D eigenvalue weighted by Gasteiger charge is -2.32. The molecule has 1 heterocycles. The highest BCUT2D eigenvalue weighted by molar-refractivity contribution is 7.92. The van der Waals surface area contributed by atoms with Crippen molar-refractivity contribution in [3.63, 3.8) is 0 Å². The lowest BCUT2D eigenvalue weighted by Crippen LogP contribution is -2.46. The van der Waals surface area contributed by atoms with Crippen LogP contribution >= 0.6 is 12.2 Å². The number of nitrogens with one attached hydrogen (secondary N) is 1. The number of likely N-dealkylation sites (tertiary alicyclic amines) is 1.